The molecule has 1 unspecified atom stereocenters. The normalized spacial score (nSPS) is 17.7. The second kappa shape index (κ2) is 5.48. The van der Waals surface area contributed by atoms with Gasteiger partial charge in [-0.15, -0.1) is 0 Å². The summed E-state index contributed by atoms with van der Waals surface area (Å²) in [7, 11) is 3.04. The zero-order valence-electron chi connectivity index (χ0n) is 11.4. The first-order valence-electron chi connectivity index (χ1n) is 6.20. The highest BCUT2D eigenvalue weighted by Gasteiger charge is 2.31. The Bertz CT molecular complexity index is 495. The van der Waals surface area contributed by atoms with Gasteiger partial charge in [-0.2, -0.15) is 0 Å². The molecule has 0 radical (unpaired) electrons. The topological polar surface area (TPSA) is 65.0 Å². The number of fused-ring (bicyclic) bond motifs is 1. The van der Waals surface area contributed by atoms with Gasteiger partial charge in [-0.25, -0.2) is 0 Å². The molecule has 1 aromatic carbocycles. The van der Waals surface area contributed by atoms with Crippen LogP contribution in [0.4, 0.5) is 0 Å². The lowest BCUT2D eigenvalue weighted by molar-refractivity contribution is 0.0862. The van der Waals surface area contributed by atoms with Crippen LogP contribution in [0.1, 0.15) is 29.3 Å². The van der Waals surface area contributed by atoms with Crippen molar-refractivity contribution < 1.29 is 24.1 Å². The number of aliphatic hydroxyl groups is 1. The molecule has 1 N–H and O–H groups in total. The molecule has 0 bridgehead atoms. The number of benzene rings is 1. The molecule has 0 aliphatic carbocycles. The number of methoxy groups -OCH3 is 2. The minimum absolute atomic E-state index is 0.00700. The SMILES string of the molecule is COc1cc(OC)c2c(c1CCO)OC(C)CC2=O. The molecule has 1 aliphatic rings. The molecule has 2 rings (SSSR count). The Morgan fingerprint density at radius 3 is 2.63 bits per heavy atom. The van der Waals surface area contributed by atoms with Crippen molar-refractivity contribution in [1.29, 1.82) is 0 Å². The van der Waals surface area contributed by atoms with E-state index in [4.69, 9.17) is 14.2 Å². The number of carbonyl (C=O) groups is 1. The van der Waals surface area contributed by atoms with Crippen LogP contribution in [0.3, 0.4) is 0 Å². The van der Waals surface area contributed by atoms with Crippen LogP contribution in [0, 0.1) is 0 Å². The molecule has 5 nitrogen and oxygen atoms in total. The van der Waals surface area contributed by atoms with E-state index >= 15 is 0 Å². The fraction of sp³-hybridized carbons (Fsp3) is 0.500. The van der Waals surface area contributed by atoms with E-state index in [2.05, 4.69) is 0 Å². The van der Waals surface area contributed by atoms with E-state index in [9.17, 15) is 9.90 Å². The molecule has 0 aromatic heterocycles. The van der Waals surface area contributed by atoms with E-state index in [1.165, 1.54) is 14.2 Å². The Labute approximate surface area is 112 Å². The molecular formula is C14H18O5. The van der Waals surface area contributed by atoms with Crippen molar-refractivity contribution in [3.05, 3.63) is 17.2 Å². The predicted octanol–water partition coefficient (Wildman–Crippen LogP) is 1.59. The van der Waals surface area contributed by atoms with Crippen LogP contribution in [-0.4, -0.2) is 37.8 Å². The van der Waals surface area contributed by atoms with Crippen molar-refractivity contribution in [2.75, 3.05) is 20.8 Å². The van der Waals surface area contributed by atoms with E-state index in [-0.39, 0.29) is 18.5 Å². The minimum atomic E-state index is -0.186. The van der Waals surface area contributed by atoms with Gasteiger partial charge in [0.05, 0.1) is 14.2 Å². The Morgan fingerprint density at radius 2 is 2.05 bits per heavy atom. The molecule has 1 aromatic rings. The summed E-state index contributed by atoms with van der Waals surface area (Å²) in [5, 5.41) is 9.17. The quantitative estimate of drug-likeness (QED) is 0.896. The molecule has 19 heavy (non-hydrogen) atoms. The van der Waals surface area contributed by atoms with Crippen LogP contribution in [0.2, 0.25) is 0 Å². The summed E-state index contributed by atoms with van der Waals surface area (Å²) >= 11 is 0. The molecule has 0 spiro atoms. The summed E-state index contributed by atoms with van der Waals surface area (Å²) in [4.78, 5) is 12.2. The number of ether oxygens (including phenoxy) is 3. The summed E-state index contributed by atoms with van der Waals surface area (Å²) in [5.41, 5.74) is 1.16. The standard InChI is InChI=1S/C14H18O5/c1-8-6-10(16)13-12(18-3)7-11(17-2)9(4-5-15)14(13)19-8/h7-8,15H,4-6H2,1-3H3. The molecule has 0 saturated carbocycles. The predicted molar refractivity (Wildman–Crippen MR) is 69.4 cm³/mol. The second-order valence-corrected chi connectivity index (χ2v) is 4.49. The van der Waals surface area contributed by atoms with Gasteiger partial charge in [0.15, 0.2) is 5.78 Å². The Kier molecular flexibility index (Phi) is 3.95. The maximum absolute atomic E-state index is 12.2. The number of aliphatic hydroxyl groups excluding tert-OH is 1. The van der Waals surface area contributed by atoms with Gasteiger partial charge >= 0.3 is 0 Å². The average Bonchev–Trinajstić information content (AvgIpc) is 2.39. The molecule has 1 atom stereocenters. The highest BCUT2D eigenvalue weighted by Crippen LogP contribution is 2.43. The fourth-order valence-corrected chi connectivity index (χ4v) is 2.34. The van der Waals surface area contributed by atoms with Crippen LogP contribution in [-0.2, 0) is 6.42 Å². The molecule has 0 fully saturated rings. The van der Waals surface area contributed by atoms with Gasteiger partial charge in [-0.3, -0.25) is 4.79 Å². The number of hydrogen-bond acceptors (Lipinski definition) is 5. The molecule has 0 saturated heterocycles. The summed E-state index contributed by atoms with van der Waals surface area (Å²) < 4.78 is 16.3. The number of hydrogen-bond donors (Lipinski definition) is 1. The van der Waals surface area contributed by atoms with Crippen LogP contribution in [0.5, 0.6) is 17.2 Å². The van der Waals surface area contributed by atoms with Crippen molar-refractivity contribution >= 4 is 5.78 Å². The van der Waals surface area contributed by atoms with Crippen LogP contribution in [0.25, 0.3) is 0 Å². The van der Waals surface area contributed by atoms with Gasteiger partial charge in [0.25, 0.3) is 0 Å². The first kappa shape index (κ1) is 13.7. The van der Waals surface area contributed by atoms with Gasteiger partial charge in [0, 0.05) is 31.1 Å². The smallest absolute Gasteiger partial charge is 0.174 e. The van der Waals surface area contributed by atoms with Crippen molar-refractivity contribution in [3.8, 4) is 17.2 Å². The highest BCUT2D eigenvalue weighted by molar-refractivity contribution is 6.03. The van der Waals surface area contributed by atoms with Crippen LogP contribution >= 0.6 is 0 Å². The molecular weight excluding hydrogens is 248 g/mol. The Balaban J connectivity index is 2.67. The number of rotatable bonds is 4. The van der Waals surface area contributed by atoms with Gasteiger partial charge in [0.2, 0.25) is 0 Å². The first-order chi connectivity index (χ1) is 9.12. The lowest BCUT2D eigenvalue weighted by Gasteiger charge is -2.27. The van der Waals surface area contributed by atoms with Gasteiger partial charge in [0.1, 0.15) is 28.9 Å². The maximum Gasteiger partial charge on any atom is 0.174 e. The van der Waals surface area contributed by atoms with Crippen molar-refractivity contribution in [1.82, 2.24) is 0 Å². The Morgan fingerprint density at radius 1 is 1.37 bits per heavy atom. The van der Waals surface area contributed by atoms with Gasteiger partial charge < -0.3 is 19.3 Å². The van der Waals surface area contributed by atoms with E-state index in [1.807, 2.05) is 6.92 Å². The van der Waals surface area contributed by atoms with Crippen LogP contribution < -0.4 is 14.2 Å². The van der Waals surface area contributed by atoms with Crippen molar-refractivity contribution in [3.63, 3.8) is 0 Å². The third kappa shape index (κ3) is 2.38. The van der Waals surface area contributed by atoms with Crippen molar-refractivity contribution in [2.45, 2.75) is 25.9 Å². The monoisotopic (exact) mass is 266 g/mol. The average molecular weight is 266 g/mol. The molecule has 5 heteroatoms. The number of ketones is 1. The zero-order valence-corrected chi connectivity index (χ0v) is 11.4. The maximum atomic E-state index is 12.2. The second-order valence-electron chi connectivity index (χ2n) is 4.49. The largest absolute Gasteiger partial charge is 0.496 e. The first-order valence-corrected chi connectivity index (χ1v) is 6.20. The number of carbonyl (C=O) groups excluding carboxylic acids is 1. The summed E-state index contributed by atoms with van der Waals surface area (Å²) in [5.74, 6) is 1.48. The third-order valence-electron chi connectivity index (χ3n) is 3.18. The Hall–Kier alpha value is -1.75. The molecule has 1 aliphatic heterocycles. The fourth-order valence-electron chi connectivity index (χ4n) is 2.34. The van der Waals surface area contributed by atoms with E-state index < -0.39 is 0 Å². The van der Waals surface area contributed by atoms with Crippen LogP contribution in [0.15, 0.2) is 6.07 Å². The number of Topliss-reactive ketones (excluding diaryl/α,β-unsaturated/α-hetero) is 1. The summed E-state index contributed by atoms with van der Waals surface area (Å²) in [6.45, 7) is 1.80. The summed E-state index contributed by atoms with van der Waals surface area (Å²) in [6.07, 6.45) is 0.512. The van der Waals surface area contributed by atoms with Crippen molar-refractivity contribution in [2.24, 2.45) is 0 Å². The van der Waals surface area contributed by atoms with Gasteiger partial charge in [-0.05, 0) is 6.92 Å². The van der Waals surface area contributed by atoms with Gasteiger partial charge in [-0.1, -0.05) is 0 Å². The highest BCUT2D eigenvalue weighted by atomic mass is 16.5. The molecule has 0 amide bonds. The summed E-state index contributed by atoms with van der Waals surface area (Å²) in [6, 6.07) is 1.67. The lowest BCUT2D eigenvalue weighted by Crippen LogP contribution is -2.26. The minimum Gasteiger partial charge on any atom is -0.496 e. The molecule has 1 heterocycles. The molecule has 104 valence electrons. The van der Waals surface area contributed by atoms with E-state index in [0.717, 1.165) is 0 Å². The van der Waals surface area contributed by atoms with E-state index in [1.54, 1.807) is 6.07 Å². The zero-order chi connectivity index (χ0) is 14.0. The van der Waals surface area contributed by atoms with E-state index in [0.29, 0.717) is 41.2 Å². The third-order valence-corrected chi connectivity index (χ3v) is 3.18. The lowest BCUT2D eigenvalue weighted by atomic mass is 9.95.